The highest BCUT2D eigenvalue weighted by Gasteiger charge is 2.25. The molecule has 0 atom stereocenters. The summed E-state index contributed by atoms with van der Waals surface area (Å²) < 4.78 is 30.0. The van der Waals surface area contributed by atoms with E-state index in [9.17, 15) is 23.1 Å². The second-order valence-electron chi connectivity index (χ2n) is 6.93. The molecule has 0 fully saturated rings. The molecule has 0 spiro atoms. The van der Waals surface area contributed by atoms with Crippen molar-refractivity contribution in [3.8, 4) is 11.5 Å². The third-order valence-electron chi connectivity index (χ3n) is 4.02. The van der Waals surface area contributed by atoms with Gasteiger partial charge in [0.05, 0.1) is 11.3 Å². The third kappa shape index (κ3) is 8.27. The van der Waals surface area contributed by atoms with Gasteiger partial charge in [0.1, 0.15) is 10.6 Å². The topological polar surface area (TPSA) is 130 Å². The summed E-state index contributed by atoms with van der Waals surface area (Å²) in [4.78, 5) is 23.7. The number of para-hydroxylation sites is 1. The number of anilines is 1. The largest absolute Gasteiger partial charge is 0.478 e. The Hall–Kier alpha value is -3.11. The number of ether oxygens (including phenoxy) is 1. The number of hydrogen-bond donors (Lipinski definition) is 2. The van der Waals surface area contributed by atoms with Gasteiger partial charge in [0, 0.05) is 27.7 Å². The predicted molar refractivity (Wildman–Crippen MR) is 119 cm³/mol. The zero-order chi connectivity index (χ0) is 23.6. The van der Waals surface area contributed by atoms with Crippen molar-refractivity contribution in [3.63, 3.8) is 0 Å². The zero-order valence-electron chi connectivity index (χ0n) is 18.1. The number of carboxylic acid groups (broad SMARTS) is 1. The summed E-state index contributed by atoms with van der Waals surface area (Å²) in [6, 6.07) is 11.1. The van der Waals surface area contributed by atoms with Crippen LogP contribution in [0.25, 0.3) is 0 Å². The van der Waals surface area contributed by atoms with E-state index in [4.69, 9.17) is 9.88 Å². The molecule has 0 aliphatic rings. The minimum atomic E-state index is -4.20. The lowest BCUT2D eigenvalue weighted by Crippen LogP contribution is -2.22. The normalized spacial score (nSPS) is 10.5. The molecule has 170 valence electrons. The summed E-state index contributed by atoms with van der Waals surface area (Å²) in [6.45, 7) is 2.63. The number of carbonyl (C=O) groups excluding carboxylic acids is 1. The number of hydrogen-bond acceptors (Lipinski definition) is 6. The van der Waals surface area contributed by atoms with Crippen LogP contribution in [0.3, 0.4) is 0 Å². The van der Waals surface area contributed by atoms with Crippen molar-refractivity contribution in [2.24, 2.45) is 5.14 Å². The van der Waals surface area contributed by atoms with Gasteiger partial charge in [-0.05, 0) is 30.7 Å². The summed E-state index contributed by atoms with van der Waals surface area (Å²) in [5.74, 6) is -0.806. The highest BCUT2D eigenvalue weighted by molar-refractivity contribution is 7.89. The molecule has 3 N–H and O–H groups in total. The maximum Gasteiger partial charge on any atom is 0.335 e. The second kappa shape index (κ2) is 11.9. The number of benzene rings is 2. The van der Waals surface area contributed by atoms with Crippen molar-refractivity contribution in [1.82, 2.24) is 4.90 Å². The lowest BCUT2D eigenvalue weighted by molar-refractivity contribution is -0.115. The van der Waals surface area contributed by atoms with Crippen LogP contribution >= 0.6 is 0 Å². The molecule has 2 aromatic rings. The van der Waals surface area contributed by atoms with Crippen LogP contribution in [-0.4, -0.2) is 58.5 Å². The monoisotopic (exact) mass is 451 g/mol. The lowest BCUT2D eigenvalue weighted by atomic mass is 10.1. The Morgan fingerprint density at radius 1 is 1.16 bits per heavy atom. The molecule has 0 heterocycles. The van der Waals surface area contributed by atoms with Crippen LogP contribution in [0.4, 0.5) is 5.69 Å². The van der Waals surface area contributed by atoms with Gasteiger partial charge in [0.2, 0.25) is 16.4 Å². The molecule has 0 bridgehead atoms. The number of rotatable bonds is 9. The van der Waals surface area contributed by atoms with E-state index < -0.39 is 16.0 Å². The van der Waals surface area contributed by atoms with E-state index in [0.29, 0.717) is 18.0 Å². The van der Waals surface area contributed by atoms with Crippen LogP contribution in [0.2, 0.25) is 0 Å². The molecule has 0 saturated carbocycles. The number of unbranched alkanes of at least 4 members (excludes halogenated alkanes) is 1. The fraction of sp³-hybridized carbons (Fsp3) is 0.333. The number of primary sulfonamides is 1. The third-order valence-corrected chi connectivity index (χ3v) is 4.94. The fourth-order valence-corrected chi connectivity index (χ4v) is 3.13. The van der Waals surface area contributed by atoms with E-state index in [0.717, 1.165) is 25.3 Å². The molecule has 0 aliphatic heterocycles. The Labute approximate surface area is 183 Å². The molecule has 0 unspecified atom stereocenters. The van der Waals surface area contributed by atoms with E-state index >= 15 is 0 Å². The number of carboxylic acids is 1. The zero-order valence-corrected chi connectivity index (χ0v) is 18.9. The Morgan fingerprint density at radius 3 is 2.19 bits per heavy atom. The summed E-state index contributed by atoms with van der Waals surface area (Å²) in [5.41, 5.74) is 0.180. The van der Waals surface area contributed by atoms with Gasteiger partial charge in [-0.2, -0.15) is 0 Å². The van der Waals surface area contributed by atoms with Gasteiger partial charge >= 0.3 is 5.97 Å². The van der Waals surface area contributed by atoms with Crippen molar-refractivity contribution >= 4 is 28.1 Å². The van der Waals surface area contributed by atoms with Gasteiger partial charge in [-0.3, -0.25) is 4.79 Å². The predicted octanol–water partition coefficient (Wildman–Crippen LogP) is 2.77. The van der Waals surface area contributed by atoms with Crippen molar-refractivity contribution in [2.75, 3.05) is 32.6 Å². The average Bonchev–Trinajstić information content (AvgIpc) is 2.72. The molecule has 1 amide bonds. The van der Waals surface area contributed by atoms with E-state index in [2.05, 4.69) is 0 Å². The highest BCUT2D eigenvalue weighted by atomic mass is 32.2. The van der Waals surface area contributed by atoms with Gasteiger partial charge in [0.25, 0.3) is 0 Å². The molecule has 2 rings (SSSR count). The molecule has 31 heavy (non-hydrogen) atoms. The first kappa shape index (κ1) is 25.9. The van der Waals surface area contributed by atoms with Crippen LogP contribution in [0.5, 0.6) is 11.5 Å². The van der Waals surface area contributed by atoms with E-state index in [1.165, 1.54) is 11.0 Å². The molecule has 2 aromatic carbocycles. The summed E-state index contributed by atoms with van der Waals surface area (Å²) >= 11 is 0. The Bertz CT molecular complexity index is 978. The van der Waals surface area contributed by atoms with Crippen molar-refractivity contribution in [1.29, 1.82) is 0 Å². The summed E-state index contributed by atoms with van der Waals surface area (Å²) in [7, 11) is 0.925. The number of amides is 1. The lowest BCUT2D eigenvalue weighted by Gasteiger charge is -2.24. The maximum atomic E-state index is 12.1. The molecule has 0 aliphatic carbocycles. The molecule has 0 radical (unpaired) electrons. The number of nitrogens with two attached hydrogens (primary N) is 1. The SMILES string of the molecule is CCCCN(C)c1cc(C(=O)O)cc(S(N)(=O)=O)c1Oc1ccccc1.CN(C)C=O. The maximum absolute atomic E-state index is 12.1. The van der Waals surface area contributed by atoms with E-state index in [1.54, 1.807) is 56.4 Å². The minimum absolute atomic E-state index is 0.0160. The van der Waals surface area contributed by atoms with Crippen molar-refractivity contribution in [2.45, 2.75) is 24.7 Å². The minimum Gasteiger partial charge on any atom is -0.478 e. The quantitative estimate of drug-likeness (QED) is 0.561. The molecular weight excluding hydrogens is 422 g/mol. The van der Waals surface area contributed by atoms with Crippen molar-refractivity contribution < 1.29 is 27.9 Å². The first-order chi connectivity index (χ1) is 14.5. The molecule has 10 heteroatoms. The average molecular weight is 452 g/mol. The molecule has 0 saturated heterocycles. The van der Waals surface area contributed by atoms with Crippen LogP contribution in [0.1, 0.15) is 30.1 Å². The molecule has 9 nitrogen and oxygen atoms in total. The Kier molecular flexibility index (Phi) is 9.97. The first-order valence-corrected chi connectivity index (χ1v) is 11.1. The molecular formula is C21H29N3O6S. The van der Waals surface area contributed by atoms with E-state index in [1.807, 2.05) is 6.92 Å². The number of nitrogens with zero attached hydrogens (tertiary/aromatic N) is 2. The van der Waals surface area contributed by atoms with Crippen LogP contribution in [-0.2, 0) is 14.8 Å². The first-order valence-electron chi connectivity index (χ1n) is 9.51. The van der Waals surface area contributed by atoms with Crippen LogP contribution in [0, 0.1) is 0 Å². The Morgan fingerprint density at radius 2 is 1.74 bits per heavy atom. The highest BCUT2D eigenvalue weighted by Crippen LogP contribution is 2.39. The Balaban J connectivity index is 0.000000861. The van der Waals surface area contributed by atoms with Crippen LogP contribution in [0.15, 0.2) is 47.4 Å². The number of aromatic carboxylic acids is 1. The number of sulfonamides is 1. The smallest absolute Gasteiger partial charge is 0.335 e. The van der Waals surface area contributed by atoms with E-state index in [-0.39, 0.29) is 16.2 Å². The molecule has 0 aromatic heterocycles. The fourth-order valence-electron chi connectivity index (χ4n) is 2.43. The van der Waals surface area contributed by atoms with Crippen LogP contribution < -0.4 is 14.8 Å². The van der Waals surface area contributed by atoms with Gasteiger partial charge in [0.15, 0.2) is 5.75 Å². The van der Waals surface area contributed by atoms with Crippen molar-refractivity contribution in [3.05, 3.63) is 48.0 Å². The van der Waals surface area contributed by atoms with Gasteiger partial charge < -0.3 is 19.6 Å². The van der Waals surface area contributed by atoms with Gasteiger partial charge in [-0.15, -0.1) is 0 Å². The van der Waals surface area contributed by atoms with Gasteiger partial charge in [-0.1, -0.05) is 31.5 Å². The second-order valence-corrected chi connectivity index (χ2v) is 8.46. The summed E-state index contributed by atoms with van der Waals surface area (Å²) in [6.07, 6.45) is 2.53. The standard InChI is InChI=1S/C18H22N2O5S.C3H7NO/c1-3-4-10-20(2)15-11-13(18(21)22)12-16(26(19,23)24)17(15)25-14-8-6-5-7-9-14;1-4(2)3-5/h5-9,11-12H,3-4,10H2,1-2H3,(H,21,22)(H2,19,23,24);3H,1-2H3. The number of carbonyl (C=O) groups is 2. The van der Waals surface area contributed by atoms with Gasteiger partial charge in [-0.25, -0.2) is 18.4 Å². The summed E-state index contributed by atoms with van der Waals surface area (Å²) in [5, 5.41) is 14.7.